The van der Waals surface area contributed by atoms with Crippen LogP contribution < -0.4 is 10.6 Å². The third-order valence-corrected chi connectivity index (χ3v) is 2.49. The molecule has 1 atom stereocenters. The maximum Gasteiger partial charge on any atom is 0.244 e. The van der Waals surface area contributed by atoms with Gasteiger partial charge in [-0.15, -0.1) is 0 Å². The van der Waals surface area contributed by atoms with Gasteiger partial charge in [-0.05, 0) is 13.0 Å². The van der Waals surface area contributed by atoms with Gasteiger partial charge in [0.15, 0.2) is 0 Å². The quantitative estimate of drug-likeness (QED) is 0.702. The van der Waals surface area contributed by atoms with Crippen LogP contribution in [0.5, 0.6) is 0 Å². The van der Waals surface area contributed by atoms with Gasteiger partial charge >= 0.3 is 0 Å². The first-order chi connectivity index (χ1) is 9.27. The van der Waals surface area contributed by atoms with Crippen LogP contribution in [0.2, 0.25) is 0 Å². The van der Waals surface area contributed by atoms with Crippen LogP contribution in [0, 0.1) is 0 Å². The summed E-state index contributed by atoms with van der Waals surface area (Å²) in [4.78, 5) is 23.6. The minimum absolute atomic E-state index is 0.110. The third kappa shape index (κ3) is 3.73. The summed E-state index contributed by atoms with van der Waals surface area (Å²) in [6.45, 7) is 2.80. The molecule has 2 rings (SSSR count). The first-order valence-electron chi connectivity index (χ1n) is 5.90. The molecule has 0 fully saturated rings. The largest absolute Gasteiger partial charge is 0.352 e. The molecule has 0 aliphatic rings. The number of nitrogens with zero attached hydrogens (tertiary/aromatic N) is 5. The van der Waals surface area contributed by atoms with Crippen molar-refractivity contribution in [2.24, 2.45) is 0 Å². The van der Waals surface area contributed by atoms with Gasteiger partial charge in [0.25, 0.3) is 0 Å². The lowest BCUT2D eigenvalue weighted by molar-refractivity contribution is -0.124. The second-order valence-electron chi connectivity index (χ2n) is 3.84. The van der Waals surface area contributed by atoms with E-state index in [-0.39, 0.29) is 11.9 Å². The molecule has 0 aliphatic heterocycles. The van der Waals surface area contributed by atoms with Crippen molar-refractivity contribution in [3.8, 4) is 0 Å². The average molecular weight is 261 g/mol. The highest BCUT2D eigenvalue weighted by molar-refractivity contribution is 5.79. The summed E-state index contributed by atoms with van der Waals surface area (Å²) in [6, 6.07) is 1.36. The molecule has 0 saturated carbocycles. The molecule has 2 aromatic heterocycles. The molecule has 0 saturated heterocycles. The van der Waals surface area contributed by atoms with Crippen LogP contribution in [0.4, 0.5) is 5.95 Å². The Balaban J connectivity index is 1.70. The third-order valence-electron chi connectivity index (χ3n) is 2.49. The molecule has 2 N–H and O–H groups in total. The van der Waals surface area contributed by atoms with Gasteiger partial charge in [-0.25, -0.2) is 19.6 Å². The summed E-state index contributed by atoms with van der Waals surface area (Å²) in [5.41, 5.74) is 0. The molecule has 0 bridgehead atoms. The second kappa shape index (κ2) is 6.43. The SMILES string of the molecule is CC(C(=O)NCCNc1ncccn1)n1cncn1. The first kappa shape index (κ1) is 12.9. The van der Waals surface area contributed by atoms with Crippen molar-refractivity contribution < 1.29 is 4.79 Å². The lowest BCUT2D eigenvalue weighted by atomic mass is 10.3. The number of hydrogen-bond donors (Lipinski definition) is 2. The molecule has 0 spiro atoms. The van der Waals surface area contributed by atoms with Gasteiger partial charge in [-0.2, -0.15) is 5.10 Å². The van der Waals surface area contributed by atoms with Crippen molar-refractivity contribution in [3.63, 3.8) is 0 Å². The van der Waals surface area contributed by atoms with E-state index in [1.54, 1.807) is 25.4 Å². The van der Waals surface area contributed by atoms with Gasteiger partial charge in [-0.3, -0.25) is 4.79 Å². The Morgan fingerprint density at radius 2 is 2.16 bits per heavy atom. The zero-order valence-corrected chi connectivity index (χ0v) is 10.5. The van der Waals surface area contributed by atoms with Gasteiger partial charge in [0.2, 0.25) is 11.9 Å². The summed E-state index contributed by atoms with van der Waals surface area (Å²) < 4.78 is 1.50. The van der Waals surface area contributed by atoms with Crippen molar-refractivity contribution >= 4 is 11.9 Å². The zero-order chi connectivity index (χ0) is 13.5. The second-order valence-corrected chi connectivity index (χ2v) is 3.84. The van der Waals surface area contributed by atoms with E-state index in [2.05, 4.69) is 30.7 Å². The summed E-state index contributed by atoms with van der Waals surface area (Å²) in [5, 5.41) is 9.72. The fourth-order valence-corrected chi connectivity index (χ4v) is 1.44. The monoisotopic (exact) mass is 261 g/mol. The summed E-state index contributed by atoms with van der Waals surface area (Å²) in [5.74, 6) is 0.433. The van der Waals surface area contributed by atoms with Crippen LogP contribution in [-0.2, 0) is 4.79 Å². The summed E-state index contributed by atoms with van der Waals surface area (Å²) >= 11 is 0. The topological polar surface area (TPSA) is 97.6 Å². The van der Waals surface area contributed by atoms with E-state index in [0.29, 0.717) is 19.0 Å². The minimum Gasteiger partial charge on any atom is -0.352 e. The molecule has 2 heterocycles. The Hall–Kier alpha value is -2.51. The maximum absolute atomic E-state index is 11.8. The number of nitrogens with one attached hydrogen (secondary N) is 2. The maximum atomic E-state index is 11.8. The molecule has 1 amide bonds. The van der Waals surface area contributed by atoms with Crippen LogP contribution in [0.25, 0.3) is 0 Å². The smallest absolute Gasteiger partial charge is 0.244 e. The van der Waals surface area contributed by atoms with Gasteiger partial charge < -0.3 is 10.6 Å². The Morgan fingerprint density at radius 3 is 2.84 bits per heavy atom. The molecule has 0 aromatic carbocycles. The highest BCUT2D eigenvalue weighted by Gasteiger charge is 2.14. The van der Waals surface area contributed by atoms with Crippen LogP contribution in [0.15, 0.2) is 31.1 Å². The van der Waals surface area contributed by atoms with E-state index in [9.17, 15) is 4.79 Å². The predicted octanol–water partition coefficient (Wildman–Crippen LogP) is -0.143. The summed E-state index contributed by atoms with van der Waals surface area (Å²) in [6.07, 6.45) is 6.22. The van der Waals surface area contributed by atoms with E-state index in [4.69, 9.17) is 0 Å². The Bertz CT molecular complexity index is 499. The fraction of sp³-hybridized carbons (Fsp3) is 0.364. The molecule has 19 heavy (non-hydrogen) atoms. The number of amides is 1. The summed E-state index contributed by atoms with van der Waals surface area (Å²) in [7, 11) is 0. The van der Waals surface area contributed by atoms with Crippen LogP contribution in [0.1, 0.15) is 13.0 Å². The molecular formula is C11H15N7O. The zero-order valence-electron chi connectivity index (χ0n) is 10.5. The predicted molar refractivity (Wildman–Crippen MR) is 68.3 cm³/mol. The highest BCUT2D eigenvalue weighted by Crippen LogP contribution is 2.01. The standard InChI is InChI=1S/C11H15N7O/c1-9(18-8-12-7-17-18)10(19)13-5-6-16-11-14-3-2-4-15-11/h2-4,7-9H,5-6H2,1H3,(H,13,19)(H,14,15,16). The molecule has 2 aromatic rings. The fourth-order valence-electron chi connectivity index (χ4n) is 1.44. The van der Waals surface area contributed by atoms with E-state index < -0.39 is 0 Å². The number of carbonyl (C=O) groups is 1. The van der Waals surface area contributed by atoms with E-state index >= 15 is 0 Å². The van der Waals surface area contributed by atoms with Gasteiger partial charge in [0, 0.05) is 25.5 Å². The van der Waals surface area contributed by atoms with Gasteiger partial charge in [-0.1, -0.05) is 0 Å². The molecule has 100 valence electrons. The number of anilines is 1. The number of rotatable bonds is 6. The highest BCUT2D eigenvalue weighted by atomic mass is 16.2. The van der Waals surface area contributed by atoms with Crippen molar-refractivity contribution in [2.45, 2.75) is 13.0 Å². The number of aromatic nitrogens is 5. The molecule has 0 aliphatic carbocycles. The average Bonchev–Trinajstić information content (AvgIpc) is 2.98. The normalized spacial score (nSPS) is 11.8. The van der Waals surface area contributed by atoms with E-state index in [1.165, 1.54) is 17.3 Å². The molecule has 8 nitrogen and oxygen atoms in total. The van der Waals surface area contributed by atoms with Crippen LogP contribution in [0.3, 0.4) is 0 Å². The van der Waals surface area contributed by atoms with Crippen molar-refractivity contribution in [1.82, 2.24) is 30.0 Å². The number of hydrogen-bond acceptors (Lipinski definition) is 6. The van der Waals surface area contributed by atoms with E-state index in [1.807, 2.05) is 0 Å². The van der Waals surface area contributed by atoms with E-state index in [0.717, 1.165) is 0 Å². The number of carbonyl (C=O) groups excluding carboxylic acids is 1. The van der Waals surface area contributed by atoms with Crippen molar-refractivity contribution in [2.75, 3.05) is 18.4 Å². The van der Waals surface area contributed by atoms with Crippen molar-refractivity contribution in [3.05, 3.63) is 31.1 Å². The molecule has 0 radical (unpaired) electrons. The first-order valence-corrected chi connectivity index (χ1v) is 5.90. The lowest BCUT2D eigenvalue weighted by Gasteiger charge is -2.12. The Kier molecular flexibility index (Phi) is 4.38. The Labute approximate surface area is 110 Å². The molecular weight excluding hydrogens is 246 g/mol. The lowest BCUT2D eigenvalue weighted by Crippen LogP contribution is -2.34. The van der Waals surface area contributed by atoms with Crippen molar-refractivity contribution in [1.29, 1.82) is 0 Å². The van der Waals surface area contributed by atoms with Gasteiger partial charge in [0.1, 0.15) is 18.7 Å². The molecule has 1 unspecified atom stereocenters. The van der Waals surface area contributed by atoms with Gasteiger partial charge in [0.05, 0.1) is 0 Å². The molecule has 8 heteroatoms. The van der Waals surface area contributed by atoms with Crippen LogP contribution in [-0.4, -0.2) is 43.7 Å². The van der Waals surface area contributed by atoms with Crippen LogP contribution >= 0.6 is 0 Å². The minimum atomic E-state index is -0.379. The Morgan fingerprint density at radius 1 is 1.37 bits per heavy atom.